The number of rotatable bonds is 3. The van der Waals surface area contributed by atoms with Crippen molar-refractivity contribution < 1.29 is 17.6 Å². The molecule has 2 aliphatic rings. The van der Waals surface area contributed by atoms with Gasteiger partial charge >= 0.3 is 0 Å². The Hall–Kier alpha value is -3.75. The number of imidazole rings is 1. The zero-order valence-electron chi connectivity index (χ0n) is 18.3. The Labute approximate surface area is 193 Å². The van der Waals surface area contributed by atoms with Crippen LogP contribution in [0.2, 0.25) is 0 Å². The maximum atomic E-state index is 14.6. The molecule has 0 bridgehead atoms. The predicted molar refractivity (Wildman–Crippen MR) is 120 cm³/mol. The first-order valence-electron chi connectivity index (χ1n) is 10.9. The summed E-state index contributed by atoms with van der Waals surface area (Å²) >= 11 is 0. The monoisotopic (exact) mass is 467 g/mol. The van der Waals surface area contributed by atoms with Crippen molar-refractivity contribution in [1.82, 2.24) is 24.3 Å². The minimum absolute atomic E-state index is 0.137. The summed E-state index contributed by atoms with van der Waals surface area (Å²) < 4.78 is 59.4. The highest BCUT2D eigenvalue weighted by molar-refractivity contribution is 5.67. The summed E-state index contributed by atoms with van der Waals surface area (Å²) in [5.74, 6) is -3.39. The average molecular weight is 467 g/mol. The van der Waals surface area contributed by atoms with Crippen LogP contribution in [0.4, 0.5) is 17.6 Å². The first kappa shape index (κ1) is 22.1. The van der Waals surface area contributed by atoms with Crippen molar-refractivity contribution in [2.45, 2.75) is 38.1 Å². The molecule has 0 radical (unpaired) electrons. The second kappa shape index (κ2) is 8.55. The summed E-state index contributed by atoms with van der Waals surface area (Å²) in [6.07, 6.45) is 11.7. The maximum Gasteiger partial charge on any atom is 0.194 e. The average Bonchev–Trinajstić information content (AvgIpc) is 3.45. The lowest BCUT2D eigenvalue weighted by Gasteiger charge is -2.33. The Morgan fingerprint density at radius 1 is 1.12 bits per heavy atom. The Kier molecular flexibility index (Phi) is 5.55. The third kappa shape index (κ3) is 4.02. The highest BCUT2D eigenvalue weighted by Gasteiger charge is 2.38. The molecule has 1 atom stereocenters. The van der Waals surface area contributed by atoms with Gasteiger partial charge in [-0.1, -0.05) is 18.2 Å². The van der Waals surface area contributed by atoms with Gasteiger partial charge in [-0.3, -0.25) is 0 Å². The molecule has 0 fully saturated rings. The van der Waals surface area contributed by atoms with Gasteiger partial charge in [0.2, 0.25) is 0 Å². The van der Waals surface area contributed by atoms with E-state index in [0.29, 0.717) is 35.9 Å². The van der Waals surface area contributed by atoms with Crippen molar-refractivity contribution in [2.24, 2.45) is 0 Å². The van der Waals surface area contributed by atoms with Crippen molar-refractivity contribution >= 4 is 12.2 Å². The number of benzene rings is 1. The minimum Gasteiger partial charge on any atom is -0.303 e. The number of halogens is 4. The summed E-state index contributed by atoms with van der Waals surface area (Å²) in [7, 11) is 0. The normalized spacial score (nSPS) is 25.1. The first-order valence-corrected chi connectivity index (χ1v) is 10.9. The molecule has 5 nitrogen and oxygen atoms in total. The van der Waals surface area contributed by atoms with Crippen LogP contribution in [0, 0.1) is 12.7 Å². The van der Waals surface area contributed by atoms with Crippen LogP contribution in [0.1, 0.15) is 42.2 Å². The molecule has 1 spiro atoms. The third-order valence-corrected chi connectivity index (χ3v) is 6.13. The van der Waals surface area contributed by atoms with E-state index in [1.54, 1.807) is 52.1 Å². The highest BCUT2D eigenvalue weighted by atomic mass is 19.2. The molecule has 1 aliphatic carbocycles. The number of fused-ring (bicyclic) bond motifs is 2. The van der Waals surface area contributed by atoms with Crippen LogP contribution in [0.15, 0.2) is 66.4 Å². The van der Waals surface area contributed by atoms with E-state index in [1.165, 1.54) is 6.07 Å². The minimum atomic E-state index is -1.49. The van der Waals surface area contributed by atoms with Crippen molar-refractivity contribution in [3.8, 4) is 5.69 Å². The van der Waals surface area contributed by atoms with Crippen LogP contribution < -0.4 is 0 Å². The molecule has 1 aromatic carbocycles. The lowest BCUT2D eigenvalue weighted by Crippen LogP contribution is -2.33. The summed E-state index contributed by atoms with van der Waals surface area (Å²) in [4.78, 5) is 8.71. The van der Waals surface area contributed by atoms with Gasteiger partial charge in [-0.25, -0.2) is 32.2 Å². The van der Waals surface area contributed by atoms with E-state index in [9.17, 15) is 17.6 Å². The highest BCUT2D eigenvalue weighted by Crippen LogP contribution is 2.40. The molecular formula is C25H21F4N5. The second-order valence-corrected chi connectivity index (χ2v) is 8.49. The third-order valence-electron chi connectivity index (χ3n) is 6.13. The van der Waals surface area contributed by atoms with Crippen LogP contribution >= 0.6 is 0 Å². The quantitative estimate of drug-likeness (QED) is 0.439. The lowest BCUT2D eigenvalue weighted by molar-refractivity contribution is 0.342. The van der Waals surface area contributed by atoms with Crippen LogP contribution in [0.3, 0.4) is 0 Å². The number of hydrogen-bond donors (Lipinski definition) is 0. The molecule has 0 saturated carbocycles. The van der Waals surface area contributed by atoms with Crippen molar-refractivity contribution in [2.75, 3.05) is 0 Å². The Bertz CT molecular complexity index is 1380. The molecule has 0 saturated heterocycles. The molecule has 1 aliphatic heterocycles. The standard InChI is InChI=1S/C25H21F4N5/c1-16-14-33(15-30-16)21-5-3-17(13-20(21)28)4-6-22-31-24-25(9-2-12-34(24)32-22)10-7-18(26)23(29)19(27)8-11-25/h3-8,10,13-15H,2,9,11-12H2,1H3/b6-4+,10-7+,19-8+,23-18-. The van der Waals surface area contributed by atoms with Crippen LogP contribution in [-0.2, 0) is 12.0 Å². The zero-order chi connectivity index (χ0) is 23.9. The van der Waals surface area contributed by atoms with Crippen LogP contribution in [0.25, 0.3) is 17.8 Å². The van der Waals surface area contributed by atoms with E-state index < -0.39 is 28.7 Å². The summed E-state index contributed by atoms with van der Waals surface area (Å²) in [5.41, 5.74) is 1.02. The van der Waals surface area contributed by atoms with Gasteiger partial charge in [0.15, 0.2) is 23.3 Å². The number of allylic oxidation sites excluding steroid dienone is 6. The molecule has 0 N–H and O–H groups in total. The Morgan fingerprint density at radius 3 is 2.74 bits per heavy atom. The van der Waals surface area contributed by atoms with E-state index >= 15 is 0 Å². The molecule has 174 valence electrons. The fourth-order valence-corrected chi connectivity index (χ4v) is 4.37. The van der Waals surface area contributed by atoms with E-state index in [1.807, 2.05) is 6.92 Å². The van der Waals surface area contributed by atoms with Gasteiger partial charge in [-0.05, 0) is 62.1 Å². The van der Waals surface area contributed by atoms with Crippen LogP contribution in [-0.4, -0.2) is 24.3 Å². The largest absolute Gasteiger partial charge is 0.303 e. The lowest BCUT2D eigenvalue weighted by atomic mass is 9.76. The number of aryl methyl sites for hydroxylation is 2. The fraction of sp³-hybridized carbons (Fsp3) is 0.240. The zero-order valence-corrected chi connectivity index (χ0v) is 18.3. The number of hydrogen-bond acceptors (Lipinski definition) is 3. The first-order chi connectivity index (χ1) is 16.3. The molecule has 0 amide bonds. The van der Waals surface area contributed by atoms with Gasteiger partial charge in [0, 0.05) is 12.7 Å². The molecule has 3 aromatic rings. The smallest absolute Gasteiger partial charge is 0.194 e. The Balaban J connectivity index is 1.43. The van der Waals surface area contributed by atoms with Gasteiger partial charge in [-0.2, -0.15) is 5.10 Å². The van der Waals surface area contributed by atoms with Gasteiger partial charge in [0.05, 0.1) is 23.1 Å². The number of aromatic nitrogens is 5. The molecule has 5 rings (SSSR count). The molecule has 2 aromatic heterocycles. The van der Waals surface area contributed by atoms with E-state index in [0.717, 1.165) is 24.3 Å². The van der Waals surface area contributed by atoms with E-state index in [2.05, 4.69) is 15.1 Å². The van der Waals surface area contributed by atoms with Crippen molar-refractivity contribution in [3.63, 3.8) is 0 Å². The Morgan fingerprint density at radius 2 is 1.97 bits per heavy atom. The maximum absolute atomic E-state index is 14.6. The van der Waals surface area contributed by atoms with Gasteiger partial charge in [0.1, 0.15) is 11.6 Å². The second-order valence-electron chi connectivity index (χ2n) is 8.49. The fourth-order valence-electron chi connectivity index (χ4n) is 4.37. The van der Waals surface area contributed by atoms with Gasteiger partial charge in [0.25, 0.3) is 0 Å². The topological polar surface area (TPSA) is 48.5 Å². The van der Waals surface area contributed by atoms with Gasteiger partial charge in [-0.15, -0.1) is 0 Å². The molecule has 1 unspecified atom stereocenters. The SMILES string of the molecule is Cc1cn(-c2ccc(/C=C/c3nc4n(n3)CCCC43/C=C/C(F)=C(F)\C(F)=C/C3)cc2F)cn1. The summed E-state index contributed by atoms with van der Waals surface area (Å²) in [6, 6.07) is 4.85. The molecular weight excluding hydrogens is 446 g/mol. The van der Waals surface area contributed by atoms with E-state index in [-0.39, 0.29) is 6.42 Å². The van der Waals surface area contributed by atoms with Gasteiger partial charge < -0.3 is 4.57 Å². The van der Waals surface area contributed by atoms with E-state index in [4.69, 9.17) is 0 Å². The summed E-state index contributed by atoms with van der Waals surface area (Å²) in [5, 5.41) is 4.50. The molecule has 9 heteroatoms. The van der Waals surface area contributed by atoms with Crippen LogP contribution in [0.5, 0.6) is 0 Å². The van der Waals surface area contributed by atoms with Crippen molar-refractivity contribution in [3.05, 3.63) is 95.2 Å². The van der Waals surface area contributed by atoms with Crippen molar-refractivity contribution in [1.29, 1.82) is 0 Å². The molecule has 3 heterocycles. The molecule has 34 heavy (non-hydrogen) atoms. The predicted octanol–water partition coefficient (Wildman–Crippen LogP) is 6.08. The summed E-state index contributed by atoms with van der Waals surface area (Å²) in [6.45, 7) is 2.44. The number of nitrogens with zero attached hydrogens (tertiary/aromatic N) is 5.